The van der Waals surface area contributed by atoms with Crippen molar-refractivity contribution >= 4 is 34.0 Å². The lowest BCUT2D eigenvalue weighted by molar-refractivity contribution is 0.0997. The molecule has 1 saturated heterocycles. The third-order valence-corrected chi connectivity index (χ3v) is 5.38. The maximum atomic E-state index is 12.7. The van der Waals surface area contributed by atoms with Crippen LogP contribution < -0.4 is 16.0 Å². The highest BCUT2D eigenvalue weighted by Gasteiger charge is 2.20. The lowest BCUT2D eigenvalue weighted by Gasteiger charge is -2.27. The Bertz CT molecular complexity index is 1020. The van der Waals surface area contributed by atoms with Crippen LogP contribution in [0.3, 0.4) is 0 Å². The minimum Gasteiger partial charge on any atom is -0.378 e. The average Bonchev–Trinajstić information content (AvgIpc) is 3.19. The van der Waals surface area contributed by atoms with Gasteiger partial charge in [-0.15, -0.1) is 0 Å². The quantitative estimate of drug-likeness (QED) is 0.657. The Morgan fingerprint density at radius 2 is 1.90 bits per heavy atom. The number of carbonyl (C=O) groups is 2. The number of anilines is 2. The van der Waals surface area contributed by atoms with Crippen LogP contribution in [0.25, 0.3) is 10.6 Å². The molecule has 0 bridgehead atoms. The molecule has 0 radical (unpaired) electrons. The maximum absolute atomic E-state index is 12.7. The predicted molar refractivity (Wildman–Crippen MR) is 109 cm³/mol. The summed E-state index contributed by atoms with van der Waals surface area (Å²) >= 11 is 1.18. The van der Waals surface area contributed by atoms with E-state index in [1.54, 1.807) is 36.7 Å². The van der Waals surface area contributed by atoms with E-state index in [0.717, 1.165) is 24.5 Å². The van der Waals surface area contributed by atoms with Crippen LogP contribution in [0.1, 0.15) is 20.8 Å². The largest absolute Gasteiger partial charge is 0.378 e. The summed E-state index contributed by atoms with van der Waals surface area (Å²) in [6.07, 6.45) is 4.76. The first-order valence-electron chi connectivity index (χ1n) is 8.93. The highest BCUT2D eigenvalue weighted by atomic mass is 32.1. The summed E-state index contributed by atoms with van der Waals surface area (Å²) in [4.78, 5) is 39.1. The van der Waals surface area contributed by atoms with Gasteiger partial charge < -0.3 is 20.7 Å². The third kappa shape index (κ3) is 4.23. The van der Waals surface area contributed by atoms with Crippen molar-refractivity contribution in [1.29, 1.82) is 0 Å². The lowest BCUT2D eigenvalue weighted by atomic mass is 10.2. The topological polar surface area (TPSA) is 123 Å². The normalized spacial score (nSPS) is 13.9. The minimum absolute atomic E-state index is 0.0214. The van der Waals surface area contributed by atoms with Crippen LogP contribution in [0.15, 0.2) is 42.9 Å². The number of rotatable bonds is 5. The van der Waals surface area contributed by atoms with E-state index in [1.807, 2.05) is 0 Å². The van der Waals surface area contributed by atoms with Crippen molar-refractivity contribution in [1.82, 2.24) is 15.0 Å². The summed E-state index contributed by atoms with van der Waals surface area (Å²) in [5.74, 6) is -0.309. The van der Waals surface area contributed by atoms with Crippen LogP contribution in [0.4, 0.5) is 10.8 Å². The van der Waals surface area contributed by atoms with Gasteiger partial charge in [0.25, 0.3) is 11.8 Å². The van der Waals surface area contributed by atoms with Crippen molar-refractivity contribution in [2.24, 2.45) is 5.73 Å². The van der Waals surface area contributed by atoms with Gasteiger partial charge >= 0.3 is 0 Å². The van der Waals surface area contributed by atoms with Gasteiger partial charge in [0.15, 0.2) is 5.69 Å². The molecule has 3 N–H and O–H groups in total. The Morgan fingerprint density at radius 1 is 1.14 bits per heavy atom. The van der Waals surface area contributed by atoms with Crippen molar-refractivity contribution in [2.45, 2.75) is 0 Å². The molecule has 0 atom stereocenters. The van der Waals surface area contributed by atoms with Gasteiger partial charge in [0, 0.05) is 37.2 Å². The number of amides is 2. The number of thiazole rings is 1. The predicted octanol–water partition coefficient (Wildman–Crippen LogP) is 1.79. The highest BCUT2D eigenvalue weighted by molar-refractivity contribution is 7.19. The first-order valence-corrected chi connectivity index (χ1v) is 9.74. The van der Waals surface area contributed by atoms with Crippen LogP contribution >= 0.6 is 11.3 Å². The number of hydrogen-bond acceptors (Lipinski definition) is 8. The first-order chi connectivity index (χ1) is 14.1. The molecule has 0 aromatic carbocycles. The zero-order valence-corrected chi connectivity index (χ0v) is 16.2. The van der Waals surface area contributed by atoms with E-state index in [9.17, 15) is 9.59 Å². The van der Waals surface area contributed by atoms with Crippen molar-refractivity contribution in [3.05, 3.63) is 54.1 Å². The highest BCUT2D eigenvalue weighted by Crippen LogP contribution is 2.32. The molecule has 0 aliphatic carbocycles. The molecule has 1 fully saturated rings. The molecule has 10 heteroatoms. The summed E-state index contributed by atoms with van der Waals surface area (Å²) in [5.41, 5.74) is 6.61. The van der Waals surface area contributed by atoms with Crippen molar-refractivity contribution in [3.8, 4) is 10.6 Å². The first kappa shape index (κ1) is 19.0. The van der Waals surface area contributed by atoms with Gasteiger partial charge in [0.1, 0.15) is 15.8 Å². The second kappa shape index (κ2) is 8.33. The van der Waals surface area contributed by atoms with Gasteiger partial charge in [-0.05, 0) is 24.3 Å². The SMILES string of the molecule is NC(=O)c1nc(-c2ccncc2)sc1NC(=O)c1ccc(N2CCOCC2)nc1. The molecule has 4 heterocycles. The molecule has 148 valence electrons. The lowest BCUT2D eigenvalue weighted by Crippen LogP contribution is -2.36. The smallest absolute Gasteiger partial charge is 0.270 e. The number of carbonyl (C=O) groups excluding carboxylic acids is 2. The van der Waals surface area contributed by atoms with E-state index < -0.39 is 11.8 Å². The zero-order valence-electron chi connectivity index (χ0n) is 15.4. The number of nitrogens with zero attached hydrogens (tertiary/aromatic N) is 4. The summed E-state index contributed by atoms with van der Waals surface area (Å²) in [6.45, 7) is 2.84. The van der Waals surface area contributed by atoms with E-state index in [1.165, 1.54) is 17.5 Å². The van der Waals surface area contributed by atoms with Gasteiger partial charge in [0.2, 0.25) is 0 Å². The molecular formula is C19H18N6O3S. The van der Waals surface area contributed by atoms with Crippen LogP contribution in [0, 0.1) is 0 Å². The maximum Gasteiger partial charge on any atom is 0.270 e. The minimum atomic E-state index is -0.711. The Morgan fingerprint density at radius 3 is 2.55 bits per heavy atom. The Hall–Kier alpha value is -3.37. The number of aromatic nitrogens is 3. The van der Waals surface area contributed by atoms with E-state index in [0.29, 0.717) is 28.8 Å². The standard InChI is InChI=1S/C19H18N6O3S/c20-16(26)15-19(29-18(23-15)12-3-5-21-6-4-12)24-17(27)13-1-2-14(22-11-13)25-7-9-28-10-8-25/h1-6,11H,7-10H2,(H2,20,26)(H,24,27). The van der Waals surface area contributed by atoms with Crippen LogP contribution in [-0.2, 0) is 4.74 Å². The average molecular weight is 410 g/mol. The fraction of sp³-hybridized carbons (Fsp3) is 0.211. The molecule has 3 aromatic rings. The Balaban J connectivity index is 1.53. The van der Waals surface area contributed by atoms with Gasteiger partial charge in [-0.3, -0.25) is 14.6 Å². The molecule has 2 amide bonds. The fourth-order valence-corrected chi connectivity index (χ4v) is 3.84. The monoisotopic (exact) mass is 410 g/mol. The Labute approximate surface area is 170 Å². The van der Waals surface area contributed by atoms with E-state index in [2.05, 4.69) is 25.2 Å². The summed E-state index contributed by atoms with van der Waals surface area (Å²) < 4.78 is 5.33. The number of morpholine rings is 1. The number of nitrogens with two attached hydrogens (primary N) is 1. The molecule has 0 spiro atoms. The molecule has 4 rings (SSSR count). The van der Waals surface area contributed by atoms with Crippen LogP contribution in [0.5, 0.6) is 0 Å². The summed E-state index contributed by atoms with van der Waals surface area (Å²) in [6, 6.07) is 7.03. The molecular weight excluding hydrogens is 392 g/mol. The molecule has 3 aromatic heterocycles. The van der Waals surface area contributed by atoms with Crippen LogP contribution in [0.2, 0.25) is 0 Å². The van der Waals surface area contributed by atoms with E-state index in [4.69, 9.17) is 10.5 Å². The van der Waals surface area contributed by atoms with Crippen molar-refractivity contribution < 1.29 is 14.3 Å². The number of ether oxygens (including phenoxy) is 1. The number of pyridine rings is 2. The number of primary amides is 1. The van der Waals surface area contributed by atoms with Gasteiger partial charge in [-0.25, -0.2) is 9.97 Å². The van der Waals surface area contributed by atoms with Gasteiger partial charge in [-0.1, -0.05) is 11.3 Å². The molecule has 1 aliphatic rings. The van der Waals surface area contributed by atoms with E-state index >= 15 is 0 Å². The van der Waals surface area contributed by atoms with Gasteiger partial charge in [0.05, 0.1) is 18.8 Å². The second-order valence-electron chi connectivity index (χ2n) is 6.26. The second-order valence-corrected chi connectivity index (χ2v) is 7.25. The number of hydrogen-bond donors (Lipinski definition) is 2. The van der Waals surface area contributed by atoms with Crippen molar-refractivity contribution in [2.75, 3.05) is 36.5 Å². The Kier molecular flexibility index (Phi) is 5.45. The molecule has 29 heavy (non-hydrogen) atoms. The van der Waals surface area contributed by atoms with Gasteiger partial charge in [-0.2, -0.15) is 0 Å². The molecule has 0 saturated carbocycles. The number of nitrogens with one attached hydrogen (secondary N) is 1. The summed E-state index contributed by atoms with van der Waals surface area (Å²) in [5, 5.41) is 3.59. The van der Waals surface area contributed by atoms with Crippen LogP contribution in [-0.4, -0.2) is 53.1 Å². The summed E-state index contributed by atoms with van der Waals surface area (Å²) in [7, 11) is 0. The van der Waals surface area contributed by atoms with E-state index in [-0.39, 0.29) is 5.69 Å². The third-order valence-electron chi connectivity index (χ3n) is 4.36. The van der Waals surface area contributed by atoms with Crippen molar-refractivity contribution in [3.63, 3.8) is 0 Å². The molecule has 1 aliphatic heterocycles. The fourth-order valence-electron chi connectivity index (χ4n) is 2.86. The molecule has 0 unspecified atom stereocenters. The molecule has 9 nitrogen and oxygen atoms in total. The zero-order chi connectivity index (χ0) is 20.2.